The van der Waals surface area contributed by atoms with Crippen molar-refractivity contribution in [3.8, 4) is 0 Å². The van der Waals surface area contributed by atoms with Crippen LogP contribution in [-0.2, 0) is 4.79 Å². The number of nitrogens with one attached hydrogen (secondary N) is 1. The summed E-state index contributed by atoms with van der Waals surface area (Å²) in [6, 6.07) is 4.04. The summed E-state index contributed by atoms with van der Waals surface area (Å²) in [5, 5.41) is 2.86. The van der Waals surface area contributed by atoms with E-state index in [0.717, 1.165) is 22.6 Å². The summed E-state index contributed by atoms with van der Waals surface area (Å²) in [5.74, 6) is 0.450. The third-order valence-electron chi connectivity index (χ3n) is 2.74. The molecule has 0 aromatic heterocycles. The zero-order valence-corrected chi connectivity index (χ0v) is 10.4. The molecule has 2 atom stereocenters. The van der Waals surface area contributed by atoms with Crippen molar-refractivity contribution < 1.29 is 9.18 Å². The van der Waals surface area contributed by atoms with Gasteiger partial charge in [0.1, 0.15) is 5.82 Å². The fraction of sp³-hybridized carbons (Fsp3) is 0.417. The van der Waals surface area contributed by atoms with Crippen LogP contribution in [0.1, 0.15) is 24.9 Å². The van der Waals surface area contributed by atoms with Gasteiger partial charge in [0.15, 0.2) is 0 Å². The van der Waals surface area contributed by atoms with Crippen molar-refractivity contribution in [3.63, 3.8) is 0 Å². The van der Waals surface area contributed by atoms with Gasteiger partial charge in [-0.25, -0.2) is 4.39 Å². The molecule has 0 spiro atoms. The number of nitrogens with two attached hydrogens (primary N) is 1. The van der Waals surface area contributed by atoms with E-state index in [1.165, 1.54) is 12.1 Å². The largest absolute Gasteiger partial charge is 0.348 e. The Morgan fingerprint density at radius 3 is 3.12 bits per heavy atom. The summed E-state index contributed by atoms with van der Waals surface area (Å²) in [7, 11) is 0. The van der Waals surface area contributed by atoms with E-state index < -0.39 is 6.04 Å². The molecule has 0 fully saturated rings. The van der Waals surface area contributed by atoms with E-state index in [-0.39, 0.29) is 17.8 Å². The Morgan fingerprint density at radius 2 is 2.41 bits per heavy atom. The number of carbonyl (C=O) groups excluding carboxylic acids is 1. The topological polar surface area (TPSA) is 55.1 Å². The van der Waals surface area contributed by atoms with Gasteiger partial charge >= 0.3 is 0 Å². The van der Waals surface area contributed by atoms with Gasteiger partial charge in [-0.05, 0) is 37.1 Å². The molecule has 0 saturated carbocycles. The highest BCUT2D eigenvalue weighted by molar-refractivity contribution is 7.99. The fourth-order valence-electron chi connectivity index (χ4n) is 1.82. The van der Waals surface area contributed by atoms with E-state index in [1.807, 2.05) is 0 Å². The molecule has 0 bridgehead atoms. The van der Waals surface area contributed by atoms with Gasteiger partial charge in [0.05, 0.1) is 12.1 Å². The van der Waals surface area contributed by atoms with Gasteiger partial charge in [-0.1, -0.05) is 0 Å². The Hall–Kier alpha value is -1.07. The van der Waals surface area contributed by atoms with Crippen LogP contribution in [0.15, 0.2) is 23.1 Å². The van der Waals surface area contributed by atoms with Crippen LogP contribution >= 0.6 is 11.8 Å². The van der Waals surface area contributed by atoms with Crippen LogP contribution in [0.3, 0.4) is 0 Å². The van der Waals surface area contributed by atoms with Gasteiger partial charge in [-0.2, -0.15) is 0 Å². The molecule has 0 saturated heterocycles. The second kappa shape index (κ2) is 5.06. The number of benzene rings is 1. The Labute approximate surface area is 104 Å². The van der Waals surface area contributed by atoms with E-state index in [2.05, 4.69) is 5.32 Å². The number of hydrogen-bond acceptors (Lipinski definition) is 3. The Bertz CT molecular complexity index is 437. The molecule has 0 aliphatic carbocycles. The molecule has 5 heteroatoms. The molecule has 2 rings (SSSR count). The van der Waals surface area contributed by atoms with Crippen LogP contribution in [0.5, 0.6) is 0 Å². The zero-order chi connectivity index (χ0) is 12.4. The summed E-state index contributed by atoms with van der Waals surface area (Å²) >= 11 is 1.69. The fourth-order valence-corrected chi connectivity index (χ4v) is 2.92. The van der Waals surface area contributed by atoms with E-state index >= 15 is 0 Å². The maximum Gasteiger partial charge on any atom is 0.237 e. The highest BCUT2D eigenvalue weighted by atomic mass is 32.2. The predicted octanol–water partition coefficient (Wildman–Crippen LogP) is 1.83. The summed E-state index contributed by atoms with van der Waals surface area (Å²) in [6.07, 6.45) is 0.805. The molecule has 1 aromatic rings. The lowest BCUT2D eigenvalue weighted by molar-refractivity contribution is -0.122. The first kappa shape index (κ1) is 12.4. The highest BCUT2D eigenvalue weighted by Gasteiger charge is 2.23. The molecule has 0 radical (unpaired) electrons. The van der Waals surface area contributed by atoms with Gasteiger partial charge < -0.3 is 11.1 Å². The van der Waals surface area contributed by atoms with Crippen LogP contribution in [0.4, 0.5) is 4.39 Å². The average Bonchev–Trinajstić information content (AvgIpc) is 2.29. The van der Waals surface area contributed by atoms with Crippen LogP contribution in [0.25, 0.3) is 0 Å². The lowest BCUT2D eigenvalue weighted by atomic mass is 10.0. The van der Waals surface area contributed by atoms with Gasteiger partial charge in [0.25, 0.3) is 0 Å². The molecule has 3 nitrogen and oxygen atoms in total. The van der Waals surface area contributed by atoms with Crippen molar-refractivity contribution in [2.24, 2.45) is 5.73 Å². The quantitative estimate of drug-likeness (QED) is 0.846. The third-order valence-corrected chi connectivity index (χ3v) is 3.86. The predicted molar refractivity (Wildman–Crippen MR) is 66.3 cm³/mol. The lowest BCUT2D eigenvalue weighted by Gasteiger charge is -2.26. The Balaban J connectivity index is 2.22. The summed E-state index contributed by atoms with van der Waals surface area (Å²) < 4.78 is 13.2. The maximum atomic E-state index is 13.2. The summed E-state index contributed by atoms with van der Waals surface area (Å²) in [4.78, 5) is 12.6. The second-order valence-corrected chi connectivity index (χ2v) is 5.31. The molecular formula is C12H15FN2OS. The third kappa shape index (κ3) is 2.79. The van der Waals surface area contributed by atoms with Crippen molar-refractivity contribution in [1.82, 2.24) is 5.32 Å². The van der Waals surface area contributed by atoms with Gasteiger partial charge in [0, 0.05) is 10.6 Å². The van der Waals surface area contributed by atoms with Crippen molar-refractivity contribution in [3.05, 3.63) is 29.6 Å². The molecule has 1 aliphatic heterocycles. The Morgan fingerprint density at radius 1 is 1.65 bits per heavy atom. The Kier molecular flexibility index (Phi) is 3.69. The molecule has 1 aromatic carbocycles. The van der Waals surface area contributed by atoms with Gasteiger partial charge in [-0.3, -0.25) is 4.79 Å². The van der Waals surface area contributed by atoms with Gasteiger partial charge in [-0.15, -0.1) is 11.8 Å². The monoisotopic (exact) mass is 254 g/mol. The number of halogens is 1. The van der Waals surface area contributed by atoms with E-state index in [0.29, 0.717) is 0 Å². The number of rotatable bonds is 2. The van der Waals surface area contributed by atoms with Crippen molar-refractivity contribution in [2.45, 2.75) is 30.3 Å². The van der Waals surface area contributed by atoms with Crippen LogP contribution < -0.4 is 11.1 Å². The molecule has 1 amide bonds. The first-order chi connectivity index (χ1) is 8.08. The molecular weight excluding hydrogens is 239 g/mol. The number of hydrogen-bond donors (Lipinski definition) is 2. The van der Waals surface area contributed by atoms with Crippen LogP contribution in [0, 0.1) is 5.82 Å². The average molecular weight is 254 g/mol. The first-order valence-electron chi connectivity index (χ1n) is 5.56. The molecule has 3 N–H and O–H groups in total. The minimum Gasteiger partial charge on any atom is -0.348 e. The number of fused-ring (bicyclic) bond motifs is 1. The van der Waals surface area contributed by atoms with E-state index in [4.69, 9.17) is 5.73 Å². The minimum atomic E-state index is -0.540. The molecule has 1 unspecified atom stereocenters. The minimum absolute atomic E-state index is 0.125. The smallest absolute Gasteiger partial charge is 0.237 e. The number of amides is 1. The zero-order valence-electron chi connectivity index (χ0n) is 9.57. The summed E-state index contributed by atoms with van der Waals surface area (Å²) in [6.45, 7) is 1.64. The standard InChI is InChI=1S/C12H15FN2OS/c1-7(14)12(16)15-10-4-5-17-11-3-2-8(13)6-9(10)11/h2-3,6-7,10H,4-5,14H2,1H3,(H,15,16)/t7-,10?/m1/s1. The number of thioether (sulfide) groups is 1. The van der Waals surface area contributed by atoms with E-state index in [9.17, 15) is 9.18 Å². The lowest BCUT2D eigenvalue weighted by Crippen LogP contribution is -2.41. The molecule has 1 heterocycles. The highest BCUT2D eigenvalue weighted by Crippen LogP contribution is 2.36. The van der Waals surface area contributed by atoms with Crippen molar-refractivity contribution in [2.75, 3.05) is 5.75 Å². The molecule has 92 valence electrons. The maximum absolute atomic E-state index is 13.2. The van der Waals surface area contributed by atoms with Gasteiger partial charge in [0.2, 0.25) is 5.91 Å². The van der Waals surface area contributed by atoms with Crippen LogP contribution in [-0.4, -0.2) is 17.7 Å². The molecule has 1 aliphatic rings. The van der Waals surface area contributed by atoms with Crippen molar-refractivity contribution >= 4 is 17.7 Å². The van der Waals surface area contributed by atoms with Crippen LogP contribution in [0.2, 0.25) is 0 Å². The van der Waals surface area contributed by atoms with Crippen molar-refractivity contribution in [1.29, 1.82) is 0 Å². The SMILES string of the molecule is C[C@@H](N)C(=O)NC1CCSc2ccc(F)cc21. The molecule has 17 heavy (non-hydrogen) atoms. The first-order valence-corrected chi connectivity index (χ1v) is 6.54. The second-order valence-electron chi connectivity index (χ2n) is 4.17. The van der Waals surface area contributed by atoms with E-state index in [1.54, 1.807) is 24.8 Å². The number of carbonyl (C=O) groups is 1. The normalized spacial score (nSPS) is 20.5. The summed E-state index contributed by atoms with van der Waals surface area (Å²) in [5.41, 5.74) is 6.37.